The van der Waals surface area contributed by atoms with Gasteiger partial charge in [0.15, 0.2) is 16.6 Å². The molecule has 3 aliphatic rings. The fraction of sp³-hybridized carbons (Fsp3) is 0.806. The first-order valence-electron chi connectivity index (χ1n) is 16.6. The summed E-state index contributed by atoms with van der Waals surface area (Å²) < 4.78 is 14.1. The zero-order chi connectivity index (χ0) is 31.0. The number of carbonyl (C=O) groups is 1. The summed E-state index contributed by atoms with van der Waals surface area (Å²) in [6.07, 6.45) is 16.2. The molecule has 0 heterocycles. The van der Waals surface area contributed by atoms with E-state index in [-0.39, 0.29) is 22.3 Å². The van der Waals surface area contributed by atoms with Crippen LogP contribution in [0.15, 0.2) is 35.5 Å². The van der Waals surface area contributed by atoms with E-state index in [0.29, 0.717) is 23.7 Å². The third kappa shape index (κ3) is 7.67. The first-order valence-corrected chi connectivity index (χ1v) is 22.4. The second-order valence-electron chi connectivity index (χ2n) is 17.1. The molecule has 3 saturated carbocycles. The smallest absolute Gasteiger partial charge is 0.192 e. The summed E-state index contributed by atoms with van der Waals surface area (Å²) in [5, 5.41) is 0.332. The number of aldehydes is 1. The first-order chi connectivity index (χ1) is 18.7. The Hall–Kier alpha value is -0.756. The van der Waals surface area contributed by atoms with Crippen molar-refractivity contribution in [3.8, 4) is 0 Å². The number of hydrogen-bond donors (Lipinski definition) is 0. The van der Waals surface area contributed by atoms with Gasteiger partial charge in [0.2, 0.25) is 0 Å². The van der Waals surface area contributed by atoms with Crippen LogP contribution in [0.25, 0.3) is 0 Å². The average Bonchev–Trinajstić information content (AvgIpc) is 3.19. The lowest BCUT2D eigenvalue weighted by atomic mass is 9.61. The maximum atomic E-state index is 11.1. The summed E-state index contributed by atoms with van der Waals surface area (Å²) in [6, 6.07) is 0. The molecule has 0 bridgehead atoms. The third-order valence-electron chi connectivity index (χ3n) is 12.2. The molecule has 0 aliphatic heterocycles. The van der Waals surface area contributed by atoms with Crippen LogP contribution in [0, 0.1) is 23.2 Å². The molecule has 0 aromatic heterocycles. The number of carbonyl (C=O) groups excluding carboxylic acids is 1. The van der Waals surface area contributed by atoms with Crippen LogP contribution in [0.3, 0.4) is 0 Å². The summed E-state index contributed by atoms with van der Waals surface area (Å²) in [7, 11) is -3.89. The van der Waals surface area contributed by atoms with Crippen molar-refractivity contribution in [2.24, 2.45) is 23.2 Å². The van der Waals surface area contributed by atoms with Gasteiger partial charge in [-0.2, -0.15) is 0 Å². The van der Waals surface area contributed by atoms with Crippen molar-refractivity contribution < 1.29 is 13.6 Å². The van der Waals surface area contributed by atoms with Crippen molar-refractivity contribution in [1.29, 1.82) is 0 Å². The van der Waals surface area contributed by atoms with E-state index in [4.69, 9.17) is 8.85 Å². The zero-order valence-electron chi connectivity index (χ0n) is 28.9. The van der Waals surface area contributed by atoms with Crippen LogP contribution in [-0.4, -0.2) is 35.1 Å². The molecule has 5 heteroatoms. The topological polar surface area (TPSA) is 35.5 Å². The minimum Gasteiger partial charge on any atom is -0.413 e. The van der Waals surface area contributed by atoms with Gasteiger partial charge in [0.25, 0.3) is 0 Å². The molecule has 3 aliphatic carbocycles. The van der Waals surface area contributed by atoms with E-state index < -0.39 is 16.6 Å². The van der Waals surface area contributed by atoms with E-state index in [2.05, 4.69) is 100 Å². The molecule has 0 amide bonds. The van der Waals surface area contributed by atoms with Crippen molar-refractivity contribution in [3.63, 3.8) is 0 Å². The molecule has 0 aromatic carbocycles. The highest BCUT2D eigenvalue weighted by Crippen LogP contribution is 2.60. The zero-order valence-corrected chi connectivity index (χ0v) is 30.9. The summed E-state index contributed by atoms with van der Waals surface area (Å²) >= 11 is 0. The van der Waals surface area contributed by atoms with E-state index >= 15 is 0 Å². The second-order valence-corrected chi connectivity index (χ2v) is 26.6. The molecule has 3 nitrogen and oxygen atoms in total. The predicted octanol–water partition coefficient (Wildman–Crippen LogP) is 10.8. The molecular weight excluding hydrogens is 537 g/mol. The Morgan fingerprint density at radius 3 is 2.20 bits per heavy atom. The Labute approximate surface area is 256 Å². The van der Waals surface area contributed by atoms with Crippen LogP contribution in [-0.2, 0) is 13.6 Å². The van der Waals surface area contributed by atoms with Gasteiger partial charge in [0.05, 0.1) is 12.2 Å². The standard InChI is InChI=1S/C36H64O3Si2/c1-26(16-15-23-37)31-20-21-32-28(17-14-22-36(31,32)9)18-19-29-24-30(38-40(10,11)34(3,4)5)25-33(27(29)2)39-41(12,13)35(6,7)8/h18-19,23,26,30-33H,2,14-17,20-22,24-25H2,1,3-13H3/t26-,30-,31-,32?,33+,36-/m1/s1. The van der Waals surface area contributed by atoms with E-state index in [1.54, 1.807) is 5.57 Å². The SMILES string of the molecule is C=C1C(=CC=C2CCC[C@@]3(C)C2CC[C@@H]3[C@H](C)CCC=O)C[C@@H](O[Si](C)(C)C(C)(C)C)C[C@@H]1O[Si](C)(C)C(C)(C)C. The minimum atomic E-state index is -1.97. The summed E-state index contributed by atoms with van der Waals surface area (Å²) in [4.78, 5) is 11.1. The van der Waals surface area contributed by atoms with Gasteiger partial charge in [0.1, 0.15) is 6.29 Å². The normalized spacial score (nSPS) is 32.8. The monoisotopic (exact) mass is 600 g/mol. The van der Waals surface area contributed by atoms with Crippen molar-refractivity contribution >= 4 is 22.9 Å². The van der Waals surface area contributed by atoms with Gasteiger partial charge in [-0.05, 0) is 116 Å². The van der Waals surface area contributed by atoms with Gasteiger partial charge in [0, 0.05) is 12.8 Å². The highest BCUT2D eigenvalue weighted by Gasteiger charge is 2.50. The Kier molecular flexibility index (Phi) is 10.8. The molecule has 3 fully saturated rings. The Balaban J connectivity index is 1.91. The molecule has 0 spiro atoms. The fourth-order valence-corrected chi connectivity index (χ4v) is 10.2. The molecule has 6 atom stereocenters. The number of fused-ring (bicyclic) bond motifs is 1. The maximum absolute atomic E-state index is 11.1. The highest BCUT2D eigenvalue weighted by atomic mass is 28.4. The lowest BCUT2D eigenvalue weighted by Crippen LogP contribution is -2.49. The Morgan fingerprint density at radius 2 is 1.61 bits per heavy atom. The van der Waals surface area contributed by atoms with Crippen LogP contribution in [0.4, 0.5) is 0 Å². The van der Waals surface area contributed by atoms with Crippen LogP contribution < -0.4 is 0 Å². The van der Waals surface area contributed by atoms with E-state index in [0.717, 1.165) is 31.5 Å². The van der Waals surface area contributed by atoms with Gasteiger partial charge in [-0.3, -0.25) is 0 Å². The maximum Gasteiger partial charge on any atom is 0.192 e. The van der Waals surface area contributed by atoms with Crippen LogP contribution >= 0.6 is 0 Å². The molecule has 1 unspecified atom stereocenters. The quantitative estimate of drug-likeness (QED) is 0.195. The van der Waals surface area contributed by atoms with Gasteiger partial charge in [-0.15, -0.1) is 0 Å². The lowest BCUT2D eigenvalue weighted by Gasteiger charge is -2.46. The summed E-state index contributed by atoms with van der Waals surface area (Å²) in [5.74, 6) is 2.00. The molecule has 234 valence electrons. The first kappa shape index (κ1) is 34.7. The highest BCUT2D eigenvalue weighted by molar-refractivity contribution is 6.74. The molecule has 3 rings (SSSR count). The lowest BCUT2D eigenvalue weighted by molar-refractivity contribution is -0.108. The van der Waals surface area contributed by atoms with E-state index in [1.807, 2.05) is 0 Å². The molecule has 0 aromatic rings. The van der Waals surface area contributed by atoms with Gasteiger partial charge < -0.3 is 13.6 Å². The average molecular weight is 601 g/mol. The van der Waals surface area contributed by atoms with Crippen molar-refractivity contribution in [2.75, 3.05) is 0 Å². The van der Waals surface area contributed by atoms with Crippen LogP contribution in [0.2, 0.25) is 36.3 Å². The predicted molar refractivity (Wildman–Crippen MR) is 181 cm³/mol. The van der Waals surface area contributed by atoms with Crippen LogP contribution in [0.5, 0.6) is 0 Å². The molecule has 0 saturated heterocycles. The largest absolute Gasteiger partial charge is 0.413 e. The molecular formula is C36H64O3Si2. The third-order valence-corrected chi connectivity index (χ3v) is 21.2. The van der Waals surface area contributed by atoms with Crippen LogP contribution in [0.1, 0.15) is 113 Å². The summed E-state index contributed by atoms with van der Waals surface area (Å²) in [5.41, 5.74) is 4.50. The number of allylic oxidation sites excluding steroid dienone is 3. The van der Waals surface area contributed by atoms with Crippen molar-refractivity contribution in [1.82, 2.24) is 0 Å². The number of hydrogen-bond acceptors (Lipinski definition) is 3. The van der Waals surface area contributed by atoms with Crippen molar-refractivity contribution in [3.05, 3.63) is 35.5 Å². The van der Waals surface area contributed by atoms with Gasteiger partial charge >= 0.3 is 0 Å². The second kappa shape index (κ2) is 12.7. The Bertz CT molecular complexity index is 1010. The van der Waals surface area contributed by atoms with E-state index in [1.165, 1.54) is 43.3 Å². The molecule has 0 radical (unpaired) electrons. The molecule has 0 N–H and O–H groups in total. The van der Waals surface area contributed by atoms with Crippen molar-refractivity contribution in [2.45, 2.75) is 162 Å². The summed E-state index contributed by atoms with van der Waals surface area (Å²) in [6.45, 7) is 33.0. The van der Waals surface area contributed by atoms with Gasteiger partial charge in [-0.1, -0.05) is 79.7 Å². The Morgan fingerprint density at radius 1 is 1.00 bits per heavy atom. The number of rotatable bonds is 9. The van der Waals surface area contributed by atoms with Gasteiger partial charge in [-0.25, -0.2) is 0 Å². The minimum absolute atomic E-state index is 0.0233. The molecule has 41 heavy (non-hydrogen) atoms. The fourth-order valence-electron chi connectivity index (χ4n) is 7.51. The van der Waals surface area contributed by atoms with E-state index in [9.17, 15) is 4.79 Å².